The Balaban J connectivity index is 2.49. The number of carboxylic acid groups (broad SMARTS) is 1. The van der Waals surface area contributed by atoms with Crippen LogP contribution in [-0.4, -0.2) is 29.1 Å². The van der Waals surface area contributed by atoms with Crippen LogP contribution in [0.5, 0.6) is 0 Å². The molecule has 0 aromatic heterocycles. The second-order valence-corrected chi connectivity index (χ2v) is 4.93. The molecular weight excluding hydrogens is 330 g/mol. The normalized spacial score (nSPS) is 11.4. The zero-order chi connectivity index (χ0) is 15.1. The quantitative estimate of drug-likeness (QED) is 0.603. The Hall–Kier alpha value is -2.09. The second kappa shape index (κ2) is 7.49. The lowest BCUT2D eigenvalue weighted by molar-refractivity contribution is -0.140. The molecule has 0 saturated heterocycles. The van der Waals surface area contributed by atoms with E-state index in [-0.39, 0.29) is 6.54 Å². The van der Waals surface area contributed by atoms with E-state index in [1.54, 1.807) is 0 Å². The summed E-state index contributed by atoms with van der Waals surface area (Å²) in [4.78, 5) is 33.1. The number of amides is 3. The summed E-state index contributed by atoms with van der Waals surface area (Å²) in [6.45, 7) is 0.230. The highest BCUT2D eigenvalue weighted by Crippen LogP contribution is 2.11. The van der Waals surface area contributed by atoms with Crippen LogP contribution in [-0.2, 0) is 16.1 Å². The molecule has 1 aromatic carbocycles. The minimum absolute atomic E-state index is 0.230. The maximum atomic E-state index is 11.5. The summed E-state index contributed by atoms with van der Waals surface area (Å²) in [6, 6.07) is 5.26. The van der Waals surface area contributed by atoms with Crippen LogP contribution in [0.25, 0.3) is 0 Å². The summed E-state index contributed by atoms with van der Waals surface area (Å²) < 4.78 is 0.870. The summed E-state index contributed by atoms with van der Waals surface area (Å²) in [5.41, 5.74) is 5.75. The number of primary amides is 1. The van der Waals surface area contributed by atoms with Crippen LogP contribution in [0.4, 0.5) is 4.79 Å². The number of nitrogens with two attached hydrogens (primary N) is 1. The van der Waals surface area contributed by atoms with Gasteiger partial charge in [-0.1, -0.05) is 28.1 Å². The van der Waals surface area contributed by atoms with Crippen LogP contribution in [0.2, 0.25) is 0 Å². The van der Waals surface area contributed by atoms with Gasteiger partial charge in [0.05, 0.1) is 6.42 Å². The van der Waals surface area contributed by atoms with E-state index in [0.29, 0.717) is 0 Å². The summed E-state index contributed by atoms with van der Waals surface area (Å²) in [5, 5.41) is 13.5. The van der Waals surface area contributed by atoms with Crippen molar-refractivity contribution in [1.29, 1.82) is 0 Å². The first-order chi connectivity index (χ1) is 9.38. The monoisotopic (exact) mass is 343 g/mol. The molecule has 1 atom stereocenters. The predicted molar refractivity (Wildman–Crippen MR) is 74.7 cm³/mol. The van der Waals surface area contributed by atoms with Crippen molar-refractivity contribution < 1.29 is 19.5 Å². The van der Waals surface area contributed by atoms with Crippen LogP contribution in [0, 0.1) is 0 Å². The standard InChI is InChI=1S/C12H14BrN3O4/c13-8-3-1-2-7(4-8)6-15-12(20)16-9(11(18)19)5-10(14)17/h1-4,9H,5-6H2,(H2,14,17)(H,18,19)(H2,15,16,20). The molecule has 0 fully saturated rings. The summed E-state index contributed by atoms with van der Waals surface area (Å²) >= 11 is 3.30. The minimum atomic E-state index is -1.34. The third-order valence-electron chi connectivity index (χ3n) is 2.35. The molecule has 0 spiro atoms. The highest BCUT2D eigenvalue weighted by atomic mass is 79.9. The van der Waals surface area contributed by atoms with Crippen LogP contribution < -0.4 is 16.4 Å². The lowest BCUT2D eigenvalue weighted by Gasteiger charge is -2.13. The third kappa shape index (κ3) is 5.70. The fourth-order valence-electron chi connectivity index (χ4n) is 1.44. The van der Waals surface area contributed by atoms with Gasteiger partial charge < -0.3 is 21.5 Å². The zero-order valence-corrected chi connectivity index (χ0v) is 12.0. The van der Waals surface area contributed by atoms with Gasteiger partial charge in [-0.25, -0.2) is 9.59 Å². The highest BCUT2D eigenvalue weighted by molar-refractivity contribution is 9.10. The van der Waals surface area contributed by atoms with E-state index in [4.69, 9.17) is 10.8 Å². The third-order valence-corrected chi connectivity index (χ3v) is 2.84. The molecule has 0 heterocycles. The van der Waals surface area contributed by atoms with E-state index >= 15 is 0 Å². The van der Waals surface area contributed by atoms with Crippen LogP contribution in [0.1, 0.15) is 12.0 Å². The van der Waals surface area contributed by atoms with E-state index in [1.165, 1.54) is 0 Å². The van der Waals surface area contributed by atoms with Crippen molar-refractivity contribution in [2.45, 2.75) is 19.0 Å². The molecule has 0 aliphatic carbocycles. The molecule has 0 aliphatic rings. The maximum absolute atomic E-state index is 11.5. The number of carbonyl (C=O) groups is 3. The lowest BCUT2D eigenvalue weighted by Crippen LogP contribution is -2.47. The number of rotatable bonds is 6. The van der Waals surface area contributed by atoms with Crippen molar-refractivity contribution in [2.24, 2.45) is 5.73 Å². The van der Waals surface area contributed by atoms with Gasteiger partial charge in [0.25, 0.3) is 0 Å². The molecule has 7 nitrogen and oxygen atoms in total. The maximum Gasteiger partial charge on any atom is 0.326 e. The van der Waals surface area contributed by atoms with Crippen molar-refractivity contribution in [3.05, 3.63) is 34.3 Å². The number of urea groups is 1. The first-order valence-corrected chi connectivity index (χ1v) is 6.47. The topological polar surface area (TPSA) is 122 Å². The van der Waals surface area contributed by atoms with Gasteiger partial charge in [-0.2, -0.15) is 0 Å². The molecule has 5 N–H and O–H groups in total. The van der Waals surface area contributed by atoms with Gasteiger partial charge in [0.1, 0.15) is 6.04 Å². The van der Waals surface area contributed by atoms with Crippen molar-refractivity contribution in [1.82, 2.24) is 10.6 Å². The molecular formula is C12H14BrN3O4. The van der Waals surface area contributed by atoms with Crippen LogP contribution >= 0.6 is 15.9 Å². The first-order valence-electron chi connectivity index (χ1n) is 5.68. The average Bonchev–Trinajstić information content (AvgIpc) is 2.35. The molecule has 20 heavy (non-hydrogen) atoms. The SMILES string of the molecule is NC(=O)CC(NC(=O)NCc1cccc(Br)c1)C(=O)O. The summed E-state index contributed by atoms with van der Waals surface area (Å²) in [5.74, 6) is -2.12. The van der Waals surface area contributed by atoms with Gasteiger partial charge in [0, 0.05) is 11.0 Å². The van der Waals surface area contributed by atoms with E-state index in [9.17, 15) is 14.4 Å². The van der Waals surface area contributed by atoms with Crippen molar-refractivity contribution in [3.63, 3.8) is 0 Å². The highest BCUT2D eigenvalue weighted by Gasteiger charge is 2.21. The van der Waals surface area contributed by atoms with Gasteiger partial charge in [0.15, 0.2) is 0 Å². The summed E-state index contributed by atoms with van der Waals surface area (Å²) in [7, 11) is 0. The summed E-state index contributed by atoms with van der Waals surface area (Å²) in [6.07, 6.45) is -0.459. The minimum Gasteiger partial charge on any atom is -0.480 e. The lowest BCUT2D eigenvalue weighted by atomic mass is 10.2. The van der Waals surface area contributed by atoms with Gasteiger partial charge in [0.2, 0.25) is 5.91 Å². The number of carbonyl (C=O) groups excluding carboxylic acids is 2. The van der Waals surface area contributed by atoms with Gasteiger partial charge in [-0.3, -0.25) is 4.79 Å². The zero-order valence-electron chi connectivity index (χ0n) is 10.4. The molecule has 3 amide bonds. The Morgan fingerprint density at radius 3 is 2.60 bits per heavy atom. The Kier molecular flexibility index (Phi) is 5.98. The Labute approximate surface area is 123 Å². The van der Waals surface area contributed by atoms with E-state index < -0.39 is 30.4 Å². The smallest absolute Gasteiger partial charge is 0.326 e. The molecule has 108 valence electrons. The number of carboxylic acids is 1. The molecule has 0 saturated carbocycles. The molecule has 0 radical (unpaired) electrons. The number of benzene rings is 1. The second-order valence-electron chi connectivity index (χ2n) is 4.02. The Morgan fingerprint density at radius 1 is 1.35 bits per heavy atom. The fourth-order valence-corrected chi connectivity index (χ4v) is 1.89. The van der Waals surface area contributed by atoms with Crippen LogP contribution in [0.15, 0.2) is 28.7 Å². The van der Waals surface area contributed by atoms with Gasteiger partial charge in [-0.15, -0.1) is 0 Å². The molecule has 1 unspecified atom stereocenters. The predicted octanol–water partition coefficient (Wildman–Crippen LogP) is 0.577. The molecule has 1 rings (SSSR count). The number of halogens is 1. The first kappa shape index (κ1) is 16.0. The van der Waals surface area contributed by atoms with Crippen molar-refractivity contribution in [2.75, 3.05) is 0 Å². The van der Waals surface area contributed by atoms with Crippen molar-refractivity contribution in [3.8, 4) is 0 Å². The Bertz CT molecular complexity index is 521. The van der Waals surface area contributed by atoms with Gasteiger partial charge in [-0.05, 0) is 17.7 Å². The van der Waals surface area contributed by atoms with E-state index in [2.05, 4.69) is 26.6 Å². The van der Waals surface area contributed by atoms with Crippen LogP contribution in [0.3, 0.4) is 0 Å². The average molecular weight is 344 g/mol. The largest absolute Gasteiger partial charge is 0.480 e. The number of hydrogen-bond acceptors (Lipinski definition) is 3. The number of nitrogens with one attached hydrogen (secondary N) is 2. The molecule has 1 aromatic rings. The van der Waals surface area contributed by atoms with E-state index in [1.807, 2.05) is 24.3 Å². The number of aliphatic carboxylic acids is 1. The van der Waals surface area contributed by atoms with Crippen molar-refractivity contribution >= 4 is 33.8 Å². The fraction of sp³-hybridized carbons (Fsp3) is 0.250. The molecule has 8 heteroatoms. The van der Waals surface area contributed by atoms with Gasteiger partial charge >= 0.3 is 12.0 Å². The van der Waals surface area contributed by atoms with E-state index in [0.717, 1.165) is 10.0 Å². The Morgan fingerprint density at radius 2 is 2.05 bits per heavy atom. The number of hydrogen-bond donors (Lipinski definition) is 4. The molecule has 0 bridgehead atoms. The molecule has 0 aliphatic heterocycles.